The van der Waals surface area contributed by atoms with E-state index in [2.05, 4.69) is 17.1 Å². The van der Waals surface area contributed by atoms with Crippen LogP contribution in [0.3, 0.4) is 0 Å². The van der Waals surface area contributed by atoms with Gasteiger partial charge >= 0.3 is 0 Å². The minimum Gasteiger partial charge on any atom is -0.325 e. The van der Waals surface area contributed by atoms with E-state index in [-0.39, 0.29) is 5.54 Å². The van der Waals surface area contributed by atoms with Gasteiger partial charge in [-0.15, -0.1) is 0 Å². The zero-order chi connectivity index (χ0) is 14.5. The highest BCUT2D eigenvalue weighted by Gasteiger charge is 2.56. The van der Waals surface area contributed by atoms with Crippen LogP contribution in [-0.2, 0) is 4.79 Å². The van der Waals surface area contributed by atoms with Gasteiger partial charge in [-0.05, 0) is 56.3 Å². The first-order chi connectivity index (χ1) is 10.2. The van der Waals surface area contributed by atoms with Crippen LogP contribution in [0.15, 0.2) is 0 Å². The molecule has 1 spiro atoms. The predicted octanol–water partition coefficient (Wildman–Crippen LogP) is 3.44. The molecule has 0 aromatic carbocycles. The van der Waals surface area contributed by atoms with Gasteiger partial charge in [0.2, 0.25) is 5.91 Å². The molecule has 21 heavy (non-hydrogen) atoms. The highest BCUT2D eigenvalue weighted by Crippen LogP contribution is 2.51. The molecule has 4 aliphatic rings. The molecule has 1 saturated heterocycles. The zero-order valence-electron chi connectivity index (χ0n) is 13.5. The number of hydrogen-bond donors (Lipinski definition) is 1. The maximum Gasteiger partial charge on any atom is 0.244 e. The maximum atomic E-state index is 13.2. The fourth-order valence-corrected chi connectivity index (χ4v) is 5.14. The SMILES string of the molecule is CCC1(CN2C(=O)C3(CCCC3)NC2C2CCCC2)CC1. The molecule has 1 amide bonds. The van der Waals surface area contributed by atoms with Crippen molar-refractivity contribution in [3.8, 4) is 0 Å². The number of carbonyl (C=O) groups excluding carboxylic acids is 1. The van der Waals surface area contributed by atoms with Crippen molar-refractivity contribution < 1.29 is 4.79 Å². The van der Waals surface area contributed by atoms with Gasteiger partial charge in [-0.25, -0.2) is 0 Å². The Labute approximate surface area is 128 Å². The fourth-order valence-electron chi connectivity index (χ4n) is 5.14. The van der Waals surface area contributed by atoms with E-state index in [1.807, 2.05) is 0 Å². The van der Waals surface area contributed by atoms with Gasteiger partial charge in [-0.2, -0.15) is 0 Å². The van der Waals surface area contributed by atoms with Crippen LogP contribution >= 0.6 is 0 Å². The van der Waals surface area contributed by atoms with Gasteiger partial charge < -0.3 is 4.90 Å². The Morgan fingerprint density at radius 1 is 1.10 bits per heavy atom. The monoisotopic (exact) mass is 290 g/mol. The van der Waals surface area contributed by atoms with Crippen LogP contribution in [0.5, 0.6) is 0 Å². The van der Waals surface area contributed by atoms with Crippen LogP contribution in [0.4, 0.5) is 0 Å². The summed E-state index contributed by atoms with van der Waals surface area (Å²) < 4.78 is 0. The first kappa shape index (κ1) is 14.0. The normalized spacial score (nSPS) is 34.2. The molecule has 1 unspecified atom stereocenters. The van der Waals surface area contributed by atoms with Gasteiger partial charge in [0, 0.05) is 6.54 Å². The molecular formula is C18H30N2O. The molecule has 4 rings (SSSR count). The highest BCUT2D eigenvalue weighted by molar-refractivity contribution is 5.89. The molecule has 0 bridgehead atoms. The molecule has 1 N–H and O–H groups in total. The molecule has 3 nitrogen and oxygen atoms in total. The maximum absolute atomic E-state index is 13.2. The van der Waals surface area contributed by atoms with Gasteiger partial charge in [0.05, 0.1) is 11.7 Å². The molecule has 118 valence electrons. The van der Waals surface area contributed by atoms with Crippen molar-refractivity contribution in [3.63, 3.8) is 0 Å². The van der Waals surface area contributed by atoms with Gasteiger partial charge in [-0.1, -0.05) is 32.6 Å². The second-order valence-electron chi connectivity index (χ2n) is 8.21. The van der Waals surface area contributed by atoms with E-state index in [1.54, 1.807) is 0 Å². The van der Waals surface area contributed by atoms with Crippen molar-refractivity contribution in [2.45, 2.75) is 89.3 Å². The third-order valence-corrected chi connectivity index (χ3v) is 6.95. The van der Waals surface area contributed by atoms with Gasteiger partial charge in [0.25, 0.3) is 0 Å². The lowest BCUT2D eigenvalue weighted by molar-refractivity contribution is -0.134. The molecule has 0 aromatic rings. The lowest BCUT2D eigenvalue weighted by Gasteiger charge is -2.32. The topological polar surface area (TPSA) is 32.3 Å². The Bertz CT molecular complexity index is 417. The fraction of sp³-hybridized carbons (Fsp3) is 0.944. The first-order valence-corrected chi connectivity index (χ1v) is 9.27. The number of nitrogens with one attached hydrogen (secondary N) is 1. The zero-order valence-corrected chi connectivity index (χ0v) is 13.5. The lowest BCUT2D eigenvalue weighted by atomic mass is 9.97. The molecule has 1 heterocycles. The number of nitrogens with zero attached hydrogens (tertiary/aromatic N) is 1. The summed E-state index contributed by atoms with van der Waals surface area (Å²) in [4.78, 5) is 15.5. The summed E-state index contributed by atoms with van der Waals surface area (Å²) in [6, 6.07) is 0. The number of hydrogen-bond acceptors (Lipinski definition) is 2. The Kier molecular flexibility index (Phi) is 3.33. The smallest absolute Gasteiger partial charge is 0.244 e. The van der Waals surface area contributed by atoms with Gasteiger partial charge in [0.1, 0.15) is 0 Å². The van der Waals surface area contributed by atoms with Crippen molar-refractivity contribution in [1.82, 2.24) is 10.2 Å². The van der Waals surface area contributed by atoms with Crippen molar-refractivity contribution in [2.24, 2.45) is 11.3 Å². The molecular weight excluding hydrogens is 260 g/mol. The van der Waals surface area contributed by atoms with Gasteiger partial charge in [0.15, 0.2) is 0 Å². The molecule has 3 aliphatic carbocycles. The Balaban J connectivity index is 1.58. The molecule has 0 aromatic heterocycles. The van der Waals surface area contributed by atoms with E-state index in [4.69, 9.17) is 0 Å². The van der Waals surface area contributed by atoms with Crippen molar-refractivity contribution in [3.05, 3.63) is 0 Å². The van der Waals surface area contributed by atoms with E-state index in [0.29, 0.717) is 23.4 Å². The minimum atomic E-state index is -0.170. The van der Waals surface area contributed by atoms with E-state index in [9.17, 15) is 4.79 Å². The summed E-state index contributed by atoms with van der Waals surface area (Å²) in [7, 11) is 0. The minimum absolute atomic E-state index is 0.170. The van der Waals surface area contributed by atoms with E-state index >= 15 is 0 Å². The van der Waals surface area contributed by atoms with Crippen LogP contribution in [0.2, 0.25) is 0 Å². The van der Waals surface area contributed by atoms with E-state index < -0.39 is 0 Å². The number of amides is 1. The molecule has 4 fully saturated rings. The average Bonchev–Trinajstić information content (AvgIpc) is 2.90. The largest absolute Gasteiger partial charge is 0.325 e. The standard InChI is InChI=1S/C18H30N2O/c1-2-17(11-12-17)13-20-15(14-7-3-4-8-14)19-18(16(20)21)9-5-6-10-18/h14-15,19H,2-13H2,1H3. The second kappa shape index (κ2) is 4.97. The molecule has 1 aliphatic heterocycles. The summed E-state index contributed by atoms with van der Waals surface area (Å²) in [6.07, 6.45) is 14.2. The Morgan fingerprint density at radius 2 is 1.76 bits per heavy atom. The van der Waals surface area contributed by atoms with Crippen LogP contribution in [0.1, 0.15) is 77.6 Å². The lowest BCUT2D eigenvalue weighted by Crippen LogP contribution is -2.46. The summed E-state index contributed by atoms with van der Waals surface area (Å²) in [6.45, 7) is 3.33. The average molecular weight is 290 g/mol. The third-order valence-electron chi connectivity index (χ3n) is 6.95. The third kappa shape index (κ3) is 2.23. The summed E-state index contributed by atoms with van der Waals surface area (Å²) >= 11 is 0. The molecule has 3 heteroatoms. The Hall–Kier alpha value is -0.570. The summed E-state index contributed by atoms with van der Waals surface area (Å²) in [5.74, 6) is 1.17. The summed E-state index contributed by atoms with van der Waals surface area (Å²) in [5.41, 5.74) is 0.301. The van der Waals surface area contributed by atoms with Crippen molar-refractivity contribution in [1.29, 1.82) is 0 Å². The van der Waals surface area contributed by atoms with Crippen molar-refractivity contribution >= 4 is 5.91 Å². The molecule has 0 radical (unpaired) electrons. The molecule has 1 atom stereocenters. The predicted molar refractivity (Wildman–Crippen MR) is 83.8 cm³/mol. The second-order valence-corrected chi connectivity index (χ2v) is 8.21. The Morgan fingerprint density at radius 3 is 2.33 bits per heavy atom. The summed E-state index contributed by atoms with van der Waals surface area (Å²) in [5, 5.41) is 3.86. The van der Waals surface area contributed by atoms with Crippen molar-refractivity contribution in [2.75, 3.05) is 6.54 Å². The van der Waals surface area contributed by atoms with E-state index in [1.165, 1.54) is 57.8 Å². The van der Waals surface area contributed by atoms with Crippen LogP contribution in [-0.4, -0.2) is 29.1 Å². The van der Waals surface area contributed by atoms with Gasteiger partial charge in [-0.3, -0.25) is 10.1 Å². The van der Waals surface area contributed by atoms with Crippen LogP contribution < -0.4 is 5.32 Å². The number of carbonyl (C=O) groups is 1. The highest BCUT2D eigenvalue weighted by atomic mass is 16.2. The van der Waals surface area contributed by atoms with Crippen LogP contribution in [0, 0.1) is 11.3 Å². The first-order valence-electron chi connectivity index (χ1n) is 9.27. The van der Waals surface area contributed by atoms with E-state index in [0.717, 1.165) is 19.4 Å². The quantitative estimate of drug-likeness (QED) is 0.860. The molecule has 3 saturated carbocycles. The van der Waals surface area contributed by atoms with Crippen LogP contribution in [0.25, 0.3) is 0 Å². The number of rotatable bonds is 4.